The van der Waals surface area contributed by atoms with Crippen LogP contribution in [0.4, 0.5) is 0 Å². The normalized spacial score (nSPS) is 21.2. The molecule has 1 fully saturated rings. The van der Waals surface area contributed by atoms with Crippen molar-refractivity contribution in [1.82, 2.24) is 0 Å². The minimum Gasteiger partial charge on any atom is -0.466 e. The zero-order chi connectivity index (χ0) is 13.1. The maximum atomic E-state index is 11.5. The van der Waals surface area contributed by atoms with Gasteiger partial charge < -0.3 is 9.47 Å². The van der Waals surface area contributed by atoms with Crippen molar-refractivity contribution < 1.29 is 19.1 Å². The van der Waals surface area contributed by atoms with E-state index in [1.165, 1.54) is 7.11 Å². The molecule has 18 heavy (non-hydrogen) atoms. The average Bonchev–Trinajstić information content (AvgIpc) is 3.18. The van der Waals surface area contributed by atoms with Gasteiger partial charge in [-0.1, -0.05) is 12.1 Å². The number of hydrogen-bond acceptors (Lipinski definition) is 4. The topological polar surface area (TPSA) is 52.6 Å². The Morgan fingerprint density at radius 3 is 2.50 bits per heavy atom. The zero-order valence-electron chi connectivity index (χ0n) is 10.5. The quantitative estimate of drug-likeness (QED) is 0.766. The summed E-state index contributed by atoms with van der Waals surface area (Å²) in [6, 6.07) is 7.19. The van der Waals surface area contributed by atoms with E-state index >= 15 is 0 Å². The van der Waals surface area contributed by atoms with E-state index in [1.54, 1.807) is 19.1 Å². The number of ether oxygens (including phenoxy) is 2. The summed E-state index contributed by atoms with van der Waals surface area (Å²) in [5.41, 5.74) is 1.59. The molecule has 1 aromatic rings. The van der Waals surface area contributed by atoms with Crippen LogP contribution in [0, 0.1) is 5.92 Å². The van der Waals surface area contributed by atoms with E-state index in [-0.39, 0.29) is 23.8 Å². The van der Waals surface area contributed by atoms with Crippen LogP contribution in [0.3, 0.4) is 0 Å². The van der Waals surface area contributed by atoms with E-state index in [4.69, 9.17) is 4.74 Å². The first-order chi connectivity index (χ1) is 8.67. The maximum absolute atomic E-state index is 11.5. The molecule has 2 rings (SSSR count). The highest BCUT2D eigenvalue weighted by Crippen LogP contribution is 2.48. The summed E-state index contributed by atoms with van der Waals surface area (Å²) in [5.74, 6) is -0.261. The molecule has 4 heteroatoms. The van der Waals surface area contributed by atoms with Gasteiger partial charge in [-0.3, -0.25) is 4.79 Å². The predicted molar refractivity (Wildman–Crippen MR) is 65.3 cm³/mol. The third-order valence-corrected chi connectivity index (χ3v) is 3.14. The van der Waals surface area contributed by atoms with Crippen molar-refractivity contribution >= 4 is 11.9 Å². The van der Waals surface area contributed by atoms with Crippen molar-refractivity contribution in [3.8, 4) is 0 Å². The lowest BCUT2D eigenvalue weighted by Crippen LogP contribution is -2.07. The van der Waals surface area contributed by atoms with E-state index in [0.717, 1.165) is 12.0 Å². The molecule has 96 valence electrons. The fourth-order valence-electron chi connectivity index (χ4n) is 2.06. The Labute approximate surface area is 106 Å². The molecular weight excluding hydrogens is 232 g/mol. The molecule has 0 N–H and O–H groups in total. The summed E-state index contributed by atoms with van der Waals surface area (Å²) in [7, 11) is 1.36. The van der Waals surface area contributed by atoms with Crippen molar-refractivity contribution in [3.05, 3.63) is 35.4 Å². The standard InChI is InChI=1S/C14H16O4/c1-3-18-14(16)12-8-11(12)9-4-6-10(7-5-9)13(15)17-2/h4-7,11-12H,3,8H2,1-2H3/t11-,12+/m1/s1. The Morgan fingerprint density at radius 1 is 1.28 bits per heavy atom. The van der Waals surface area contributed by atoms with Gasteiger partial charge in [-0.2, -0.15) is 0 Å². The molecule has 4 nitrogen and oxygen atoms in total. The van der Waals surface area contributed by atoms with Crippen molar-refractivity contribution in [2.75, 3.05) is 13.7 Å². The Bertz CT molecular complexity index is 449. The molecule has 0 heterocycles. The molecule has 2 atom stereocenters. The number of benzene rings is 1. The molecule has 1 aliphatic carbocycles. The van der Waals surface area contributed by atoms with E-state index in [2.05, 4.69) is 4.74 Å². The summed E-state index contributed by atoms with van der Waals surface area (Å²) < 4.78 is 9.61. The van der Waals surface area contributed by atoms with Crippen LogP contribution >= 0.6 is 0 Å². The monoisotopic (exact) mass is 248 g/mol. The lowest BCUT2D eigenvalue weighted by Gasteiger charge is -2.03. The van der Waals surface area contributed by atoms with Gasteiger partial charge in [0.15, 0.2) is 0 Å². The highest BCUT2D eigenvalue weighted by atomic mass is 16.5. The van der Waals surface area contributed by atoms with Crippen molar-refractivity contribution in [2.45, 2.75) is 19.3 Å². The first kappa shape index (κ1) is 12.6. The fraction of sp³-hybridized carbons (Fsp3) is 0.429. The summed E-state index contributed by atoms with van der Waals surface area (Å²) in [4.78, 5) is 22.8. The zero-order valence-corrected chi connectivity index (χ0v) is 10.5. The second kappa shape index (κ2) is 5.21. The Hall–Kier alpha value is -1.84. The number of carbonyl (C=O) groups excluding carboxylic acids is 2. The third-order valence-electron chi connectivity index (χ3n) is 3.14. The molecule has 0 amide bonds. The molecule has 0 aromatic heterocycles. The number of rotatable bonds is 4. The number of esters is 2. The van der Waals surface area contributed by atoms with Crippen molar-refractivity contribution in [1.29, 1.82) is 0 Å². The molecule has 1 aromatic carbocycles. The molecule has 1 aliphatic rings. The molecule has 0 bridgehead atoms. The van der Waals surface area contributed by atoms with E-state index in [0.29, 0.717) is 12.2 Å². The van der Waals surface area contributed by atoms with Gasteiger partial charge in [0, 0.05) is 0 Å². The van der Waals surface area contributed by atoms with Gasteiger partial charge in [0.1, 0.15) is 0 Å². The van der Waals surface area contributed by atoms with Crippen molar-refractivity contribution in [2.24, 2.45) is 5.92 Å². The fourth-order valence-corrected chi connectivity index (χ4v) is 2.06. The average molecular weight is 248 g/mol. The minimum absolute atomic E-state index is 0.0195. The van der Waals surface area contributed by atoms with Gasteiger partial charge in [-0.15, -0.1) is 0 Å². The van der Waals surface area contributed by atoms with E-state index in [9.17, 15) is 9.59 Å². The van der Waals surface area contributed by atoms with Gasteiger partial charge in [-0.25, -0.2) is 4.79 Å². The smallest absolute Gasteiger partial charge is 0.337 e. The summed E-state index contributed by atoms with van der Waals surface area (Å²) >= 11 is 0. The second-order valence-electron chi connectivity index (χ2n) is 4.31. The van der Waals surface area contributed by atoms with Crippen LogP contribution in [-0.4, -0.2) is 25.7 Å². The molecule has 0 saturated heterocycles. The van der Waals surface area contributed by atoms with Crippen LogP contribution in [0.15, 0.2) is 24.3 Å². The minimum atomic E-state index is -0.348. The van der Waals surface area contributed by atoms with Crippen LogP contribution in [0.1, 0.15) is 35.2 Å². The van der Waals surface area contributed by atoms with Crippen LogP contribution < -0.4 is 0 Å². The lowest BCUT2D eigenvalue weighted by molar-refractivity contribution is -0.144. The number of hydrogen-bond donors (Lipinski definition) is 0. The van der Waals surface area contributed by atoms with E-state index in [1.807, 2.05) is 12.1 Å². The van der Waals surface area contributed by atoms with Crippen LogP contribution in [0.2, 0.25) is 0 Å². The Morgan fingerprint density at radius 2 is 1.94 bits per heavy atom. The van der Waals surface area contributed by atoms with Crippen LogP contribution in [0.25, 0.3) is 0 Å². The molecule has 0 spiro atoms. The van der Waals surface area contributed by atoms with Gasteiger partial charge in [-0.05, 0) is 37.0 Å². The summed E-state index contributed by atoms with van der Waals surface area (Å²) in [6.45, 7) is 2.23. The summed E-state index contributed by atoms with van der Waals surface area (Å²) in [5, 5.41) is 0. The molecule has 0 radical (unpaired) electrons. The van der Waals surface area contributed by atoms with Crippen LogP contribution in [-0.2, 0) is 14.3 Å². The summed E-state index contributed by atoms with van der Waals surface area (Å²) in [6.07, 6.45) is 0.830. The van der Waals surface area contributed by atoms with Crippen molar-refractivity contribution in [3.63, 3.8) is 0 Å². The van der Waals surface area contributed by atoms with Gasteiger partial charge in [0.05, 0.1) is 25.2 Å². The second-order valence-corrected chi connectivity index (χ2v) is 4.31. The number of methoxy groups -OCH3 is 1. The van der Waals surface area contributed by atoms with Crippen LogP contribution in [0.5, 0.6) is 0 Å². The van der Waals surface area contributed by atoms with Gasteiger partial charge >= 0.3 is 11.9 Å². The highest BCUT2D eigenvalue weighted by Gasteiger charge is 2.45. The van der Waals surface area contributed by atoms with Gasteiger partial charge in [0.2, 0.25) is 0 Å². The SMILES string of the molecule is CCOC(=O)[C@H]1C[C@@H]1c1ccc(C(=O)OC)cc1. The lowest BCUT2D eigenvalue weighted by atomic mass is 10.1. The molecular formula is C14H16O4. The Kier molecular flexibility index (Phi) is 3.65. The molecule has 1 saturated carbocycles. The molecule has 0 aliphatic heterocycles. The highest BCUT2D eigenvalue weighted by molar-refractivity contribution is 5.89. The molecule has 0 unspecified atom stereocenters. The van der Waals surface area contributed by atoms with Gasteiger partial charge in [0.25, 0.3) is 0 Å². The first-order valence-corrected chi connectivity index (χ1v) is 6.02. The third kappa shape index (κ3) is 2.53. The first-order valence-electron chi connectivity index (χ1n) is 6.02. The predicted octanol–water partition coefficient (Wildman–Crippen LogP) is 2.14. The van der Waals surface area contributed by atoms with E-state index < -0.39 is 0 Å². The maximum Gasteiger partial charge on any atom is 0.337 e. The number of carbonyl (C=O) groups is 2. The Balaban J connectivity index is 2.00. The largest absolute Gasteiger partial charge is 0.466 e.